The van der Waals surface area contributed by atoms with Gasteiger partial charge in [-0.05, 0) is 24.3 Å². The monoisotopic (exact) mass is 388 g/mol. The SMILES string of the molecule is O=S(=O)(OC1O[C@H](CO)[C@@H](O)C1(F)F)c1ccc(Br)cc1. The van der Waals surface area contributed by atoms with Crippen LogP contribution in [-0.4, -0.2) is 49.7 Å². The Kier molecular flexibility index (Phi) is 4.66. The highest BCUT2D eigenvalue weighted by atomic mass is 79.9. The molecule has 118 valence electrons. The fourth-order valence-corrected chi connectivity index (χ4v) is 2.96. The Hall–Kier alpha value is -0.650. The van der Waals surface area contributed by atoms with Crippen LogP contribution in [-0.2, 0) is 19.0 Å². The molecule has 3 atom stereocenters. The topological polar surface area (TPSA) is 93.1 Å². The van der Waals surface area contributed by atoms with Crippen molar-refractivity contribution in [2.45, 2.75) is 29.3 Å². The molecule has 21 heavy (non-hydrogen) atoms. The largest absolute Gasteiger partial charge is 0.394 e. The van der Waals surface area contributed by atoms with Crippen molar-refractivity contribution in [3.63, 3.8) is 0 Å². The summed E-state index contributed by atoms with van der Waals surface area (Å²) in [5.74, 6) is -3.96. The number of aliphatic hydroxyl groups is 2. The van der Waals surface area contributed by atoms with E-state index in [0.717, 1.165) is 12.1 Å². The van der Waals surface area contributed by atoms with Gasteiger partial charge in [-0.25, -0.2) is 4.18 Å². The zero-order chi connectivity index (χ0) is 15.8. The zero-order valence-electron chi connectivity index (χ0n) is 10.3. The molecule has 1 aromatic rings. The first-order chi connectivity index (χ1) is 9.68. The van der Waals surface area contributed by atoms with Crippen molar-refractivity contribution in [3.05, 3.63) is 28.7 Å². The molecule has 1 aliphatic heterocycles. The minimum atomic E-state index is -4.51. The van der Waals surface area contributed by atoms with Gasteiger partial charge in [-0.1, -0.05) is 15.9 Å². The second kappa shape index (κ2) is 5.86. The van der Waals surface area contributed by atoms with Crippen molar-refractivity contribution < 1.29 is 36.3 Å². The minimum absolute atomic E-state index is 0.341. The van der Waals surface area contributed by atoms with Crippen molar-refractivity contribution >= 4 is 26.0 Å². The highest BCUT2D eigenvalue weighted by Crippen LogP contribution is 2.38. The molecule has 1 unspecified atom stereocenters. The molecule has 1 aromatic carbocycles. The van der Waals surface area contributed by atoms with Crippen LogP contribution >= 0.6 is 15.9 Å². The molecule has 0 saturated carbocycles. The Bertz CT molecular complexity index is 606. The first-order valence-electron chi connectivity index (χ1n) is 5.69. The van der Waals surface area contributed by atoms with Gasteiger partial charge >= 0.3 is 5.92 Å². The second-order valence-electron chi connectivity index (χ2n) is 4.31. The van der Waals surface area contributed by atoms with Crippen LogP contribution < -0.4 is 0 Å². The molecule has 10 heteroatoms. The van der Waals surface area contributed by atoms with E-state index in [9.17, 15) is 22.3 Å². The number of hydrogen-bond acceptors (Lipinski definition) is 6. The maximum absolute atomic E-state index is 13.7. The third kappa shape index (κ3) is 3.25. The van der Waals surface area contributed by atoms with Crippen LogP contribution in [0.5, 0.6) is 0 Å². The molecule has 1 fully saturated rings. The summed E-state index contributed by atoms with van der Waals surface area (Å²) in [6.45, 7) is -0.894. The van der Waals surface area contributed by atoms with Crippen LogP contribution in [0.25, 0.3) is 0 Å². The quantitative estimate of drug-likeness (QED) is 0.743. The molecular formula is C11H11BrF2O6S. The predicted molar refractivity (Wildman–Crippen MR) is 69.1 cm³/mol. The van der Waals surface area contributed by atoms with E-state index in [0.29, 0.717) is 4.47 Å². The van der Waals surface area contributed by atoms with E-state index in [1.807, 2.05) is 0 Å². The number of aliphatic hydroxyl groups excluding tert-OH is 2. The van der Waals surface area contributed by atoms with Crippen molar-refractivity contribution in [2.75, 3.05) is 6.61 Å². The van der Waals surface area contributed by atoms with Gasteiger partial charge in [-0.3, -0.25) is 0 Å². The predicted octanol–water partition coefficient (Wildman–Crippen LogP) is 0.868. The van der Waals surface area contributed by atoms with E-state index >= 15 is 0 Å². The molecule has 0 aliphatic carbocycles. The van der Waals surface area contributed by atoms with Gasteiger partial charge in [-0.15, -0.1) is 0 Å². The number of benzene rings is 1. The maximum Gasteiger partial charge on any atom is 0.326 e. The number of ether oxygens (including phenoxy) is 1. The summed E-state index contributed by atoms with van der Waals surface area (Å²) in [4.78, 5) is -0.341. The molecular weight excluding hydrogens is 378 g/mol. The third-order valence-electron chi connectivity index (χ3n) is 2.86. The molecule has 0 radical (unpaired) electrons. The van der Waals surface area contributed by atoms with E-state index in [1.54, 1.807) is 0 Å². The Morgan fingerprint density at radius 2 is 1.90 bits per heavy atom. The van der Waals surface area contributed by atoms with Crippen molar-refractivity contribution in [2.24, 2.45) is 0 Å². The van der Waals surface area contributed by atoms with Crippen molar-refractivity contribution in [1.82, 2.24) is 0 Å². The van der Waals surface area contributed by atoms with Crippen LogP contribution in [0.1, 0.15) is 0 Å². The molecule has 1 heterocycles. The summed E-state index contributed by atoms with van der Waals surface area (Å²) >= 11 is 3.10. The third-order valence-corrected chi connectivity index (χ3v) is 4.66. The lowest BCUT2D eigenvalue weighted by atomic mass is 10.1. The van der Waals surface area contributed by atoms with Gasteiger partial charge in [0.2, 0.25) is 6.29 Å². The Labute approximate surface area is 127 Å². The van der Waals surface area contributed by atoms with Gasteiger partial charge in [0.1, 0.15) is 6.10 Å². The smallest absolute Gasteiger partial charge is 0.326 e. The second-order valence-corrected chi connectivity index (χ2v) is 6.80. The fraction of sp³-hybridized carbons (Fsp3) is 0.455. The number of rotatable bonds is 4. The highest BCUT2D eigenvalue weighted by Gasteiger charge is 2.60. The molecule has 0 spiro atoms. The van der Waals surface area contributed by atoms with E-state index < -0.39 is 41.1 Å². The van der Waals surface area contributed by atoms with Gasteiger partial charge in [0.25, 0.3) is 10.1 Å². The number of hydrogen-bond donors (Lipinski definition) is 2. The molecule has 0 amide bonds. The fourth-order valence-electron chi connectivity index (χ4n) is 1.71. The van der Waals surface area contributed by atoms with Crippen LogP contribution in [0, 0.1) is 0 Å². The average Bonchev–Trinajstić information content (AvgIpc) is 2.62. The van der Waals surface area contributed by atoms with E-state index in [4.69, 9.17) is 5.11 Å². The van der Waals surface area contributed by atoms with Gasteiger partial charge in [0, 0.05) is 4.47 Å². The number of alkyl halides is 2. The normalized spacial score (nSPS) is 28.7. The summed E-state index contributed by atoms with van der Waals surface area (Å²) in [7, 11) is -4.51. The Morgan fingerprint density at radius 3 is 2.38 bits per heavy atom. The van der Waals surface area contributed by atoms with Crippen LogP contribution in [0.3, 0.4) is 0 Å². The molecule has 0 aromatic heterocycles. The van der Waals surface area contributed by atoms with Gasteiger partial charge in [-0.2, -0.15) is 17.2 Å². The molecule has 2 rings (SSSR count). The molecule has 0 bridgehead atoms. The Balaban J connectivity index is 2.23. The lowest BCUT2D eigenvalue weighted by Gasteiger charge is -2.19. The van der Waals surface area contributed by atoms with Crippen LogP contribution in [0.4, 0.5) is 8.78 Å². The van der Waals surface area contributed by atoms with Crippen molar-refractivity contribution in [3.8, 4) is 0 Å². The standard InChI is InChI=1S/C11H11BrF2O6S/c12-6-1-3-7(4-2-6)21(17,18)20-10-11(13,14)9(16)8(5-15)19-10/h1-4,8-10,15-16H,5H2/t8-,9-,10?/m1/s1. The summed E-state index contributed by atoms with van der Waals surface area (Å²) in [5, 5.41) is 18.1. The van der Waals surface area contributed by atoms with Crippen LogP contribution in [0.15, 0.2) is 33.6 Å². The summed E-state index contributed by atoms with van der Waals surface area (Å²) in [5.41, 5.74) is 0. The lowest BCUT2D eigenvalue weighted by molar-refractivity contribution is -0.183. The maximum atomic E-state index is 13.7. The van der Waals surface area contributed by atoms with Gasteiger partial charge in [0.15, 0.2) is 6.10 Å². The van der Waals surface area contributed by atoms with E-state index in [-0.39, 0.29) is 4.90 Å². The number of halogens is 3. The first-order valence-corrected chi connectivity index (χ1v) is 7.89. The van der Waals surface area contributed by atoms with Crippen molar-refractivity contribution in [1.29, 1.82) is 0 Å². The zero-order valence-corrected chi connectivity index (χ0v) is 12.7. The van der Waals surface area contributed by atoms with Crippen LogP contribution in [0.2, 0.25) is 0 Å². The highest BCUT2D eigenvalue weighted by molar-refractivity contribution is 9.10. The Morgan fingerprint density at radius 1 is 1.33 bits per heavy atom. The van der Waals surface area contributed by atoms with Gasteiger partial charge < -0.3 is 14.9 Å². The average molecular weight is 389 g/mol. The van der Waals surface area contributed by atoms with E-state index in [1.165, 1.54) is 12.1 Å². The molecule has 2 N–H and O–H groups in total. The van der Waals surface area contributed by atoms with E-state index in [2.05, 4.69) is 24.8 Å². The first kappa shape index (κ1) is 16.7. The lowest BCUT2D eigenvalue weighted by Crippen LogP contribution is -2.42. The molecule has 1 aliphatic rings. The summed E-state index contributed by atoms with van der Waals surface area (Å²) in [6, 6.07) is 5.11. The van der Waals surface area contributed by atoms with Gasteiger partial charge in [0.05, 0.1) is 11.5 Å². The summed E-state index contributed by atoms with van der Waals surface area (Å²) in [6.07, 6.45) is -6.48. The molecule has 6 nitrogen and oxygen atoms in total. The molecule has 1 saturated heterocycles. The minimum Gasteiger partial charge on any atom is -0.394 e. The summed E-state index contributed by atoms with van der Waals surface area (Å²) < 4.78 is 60.6.